The predicted octanol–water partition coefficient (Wildman–Crippen LogP) is 5.93. The van der Waals surface area contributed by atoms with Gasteiger partial charge in [-0.05, 0) is 55.7 Å². The van der Waals surface area contributed by atoms with Crippen molar-refractivity contribution in [2.24, 2.45) is 5.92 Å². The number of nitrogens with zero attached hydrogens (tertiary/aromatic N) is 2. The molecule has 0 aliphatic heterocycles. The van der Waals surface area contributed by atoms with Gasteiger partial charge in [0, 0.05) is 36.2 Å². The Labute approximate surface area is 190 Å². The van der Waals surface area contributed by atoms with Gasteiger partial charge in [-0.25, -0.2) is 9.48 Å². The fourth-order valence-electron chi connectivity index (χ4n) is 4.40. The monoisotopic (exact) mass is 432 g/mol. The van der Waals surface area contributed by atoms with Gasteiger partial charge >= 0.3 is 6.09 Å². The maximum Gasteiger partial charge on any atom is 0.417 e. The summed E-state index contributed by atoms with van der Waals surface area (Å²) in [7, 11) is 0. The molecule has 4 rings (SSSR count). The quantitative estimate of drug-likeness (QED) is 0.463. The first-order chi connectivity index (χ1) is 15.7. The molecule has 1 saturated carbocycles. The number of ether oxygens (including phenoxy) is 1. The van der Waals surface area contributed by atoms with Crippen molar-refractivity contribution in [2.45, 2.75) is 58.0 Å². The Bertz CT molecular complexity index is 979. The zero-order valence-electron chi connectivity index (χ0n) is 18.7. The van der Waals surface area contributed by atoms with Gasteiger partial charge in [-0.15, -0.1) is 0 Å². The van der Waals surface area contributed by atoms with Crippen LogP contribution < -0.4 is 15.4 Å². The fraction of sp³-hybridized carbons (Fsp3) is 0.385. The number of benzene rings is 2. The van der Waals surface area contributed by atoms with Gasteiger partial charge in [0.05, 0.1) is 5.69 Å². The van der Waals surface area contributed by atoms with Crippen LogP contribution in [0, 0.1) is 5.92 Å². The van der Waals surface area contributed by atoms with Crippen molar-refractivity contribution in [1.29, 1.82) is 0 Å². The van der Waals surface area contributed by atoms with Crippen LogP contribution in [0.3, 0.4) is 0 Å². The third-order valence-electron chi connectivity index (χ3n) is 6.11. The molecule has 168 valence electrons. The number of carbonyl (C=O) groups excluding carboxylic acids is 1. The van der Waals surface area contributed by atoms with Crippen LogP contribution in [0.15, 0.2) is 67.0 Å². The summed E-state index contributed by atoms with van der Waals surface area (Å²) in [5.41, 5.74) is 2.57. The Morgan fingerprint density at radius 1 is 1.09 bits per heavy atom. The average molecular weight is 433 g/mol. The van der Waals surface area contributed by atoms with Gasteiger partial charge in [0.15, 0.2) is 0 Å². The van der Waals surface area contributed by atoms with E-state index in [1.165, 1.54) is 38.5 Å². The Kier molecular flexibility index (Phi) is 7.56. The number of para-hydroxylation sites is 1. The van der Waals surface area contributed by atoms with E-state index < -0.39 is 6.09 Å². The Morgan fingerprint density at radius 2 is 1.88 bits per heavy atom. The van der Waals surface area contributed by atoms with Crippen LogP contribution in [-0.4, -0.2) is 21.9 Å². The lowest BCUT2D eigenvalue weighted by Gasteiger charge is -2.25. The van der Waals surface area contributed by atoms with Crippen LogP contribution in [0.5, 0.6) is 5.75 Å². The highest BCUT2D eigenvalue weighted by molar-refractivity contribution is 5.86. The summed E-state index contributed by atoms with van der Waals surface area (Å²) >= 11 is 0. The van der Waals surface area contributed by atoms with E-state index in [1.807, 2.05) is 60.8 Å². The molecule has 1 heterocycles. The van der Waals surface area contributed by atoms with E-state index in [-0.39, 0.29) is 0 Å². The summed E-state index contributed by atoms with van der Waals surface area (Å²) < 4.78 is 7.39. The van der Waals surface area contributed by atoms with E-state index in [9.17, 15) is 4.79 Å². The molecule has 2 N–H and O–H groups in total. The van der Waals surface area contributed by atoms with Crippen molar-refractivity contribution in [3.05, 3.63) is 72.6 Å². The minimum Gasteiger partial charge on any atom is -0.410 e. The molecule has 3 aromatic rings. The first-order valence-electron chi connectivity index (χ1n) is 11.6. The third-order valence-corrected chi connectivity index (χ3v) is 6.11. The highest BCUT2D eigenvalue weighted by Gasteiger charge is 2.17. The van der Waals surface area contributed by atoms with Gasteiger partial charge in [-0.3, -0.25) is 5.32 Å². The summed E-state index contributed by atoms with van der Waals surface area (Å²) in [6.45, 7) is 2.92. The second kappa shape index (κ2) is 11.0. The summed E-state index contributed by atoms with van der Waals surface area (Å²) in [6.07, 6.45) is 11.1. The van der Waals surface area contributed by atoms with Crippen LogP contribution in [0.25, 0.3) is 5.69 Å². The number of hydrogen-bond acceptors (Lipinski definition) is 4. The van der Waals surface area contributed by atoms with E-state index in [4.69, 9.17) is 4.74 Å². The minimum atomic E-state index is -0.500. The Balaban J connectivity index is 1.29. The molecular weight excluding hydrogens is 400 g/mol. The number of amides is 1. The summed E-state index contributed by atoms with van der Waals surface area (Å²) in [6, 6.07) is 17.5. The molecule has 1 fully saturated rings. The van der Waals surface area contributed by atoms with Gasteiger partial charge in [0.2, 0.25) is 0 Å². The largest absolute Gasteiger partial charge is 0.417 e. The molecule has 1 aliphatic rings. The third kappa shape index (κ3) is 6.20. The number of rotatable bonds is 8. The molecule has 1 atom stereocenters. The maximum absolute atomic E-state index is 12.5. The topological polar surface area (TPSA) is 68.2 Å². The summed E-state index contributed by atoms with van der Waals surface area (Å²) in [4.78, 5) is 12.5. The second-order valence-electron chi connectivity index (χ2n) is 8.64. The van der Waals surface area contributed by atoms with Crippen LogP contribution >= 0.6 is 0 Å². The fourth-order valence-corrected chi connectivity index (χ4v) is 4.40. The van der Waals surface area contributed by atoms with Crippen LogP contribution in [0.1, 0.15) is 51.0 Å². The van der Waals surface area contributed by atoms with Gasteiger partial charge in [-0.2, -0.15) is 5.10 Å². The van der Waals surface area contributed by atoms with Crippen molar-refractivity contribution < 1.29 is 9.53 Å². The first-order valence-corrected chi connectivity index (χ1v) is 11.6. The van der Waals surface area contributed by atoms with Gasteiger partial charge < -0.3 is 10.1 Å². The predicted molar refractivity (Wildman–Crippen MR) is 127 cm³/mol. The highest BCUT2D eigenvalue weighted by atomic mass is 16.6. The molecule has 1 aromatic heterocycles. The number of aromatic nitrogens is 2. The summed E-state index contributed by atoms with van der Waals surface area (Å²) in [5, 5.41) is 10.6. The molecule has 1 amide bonds. The average Bonchev–Trinajstić information content (AvgIpc) is 3.35. The van der Waals surface area contributed by atoms with Crippen LogP contribution in [-0.2, 0) is 6.54 Å². The molecule has 1 aliphatic carbocycles. The highest BCUT2D eigenvalue weighted by Crippen LogP contribution is 2.27. The SMILES string of the molecule is CC(CC1CCCCC1)NCc1ccccc1OC(=O)Nc1ccc(-n2cccn2)cc1. The van der Waals surface area contributed by atoms with E-state index in [0.29, 0.717) is 24.0 Å². The van der Waals surface area contributed by atoms with E-state index in [0.717, 1.165) is 17.2 Å². The van der Waals surface area contributed by atoms with Crippen LogP contribution in [0.4, 0.5) is 10.5 Å². The number of anilines is 1. The first kappa shape index (κ1) is 22.1. The van der Waals surface area contributed by atoms with Gasteiger partial charge in [-0.1, -0.05) is 50.3 Å². The second-order valence-corrected chi connectivity index (χ2v) is 8.64. The van der Waals surface area contributed by atoms with Gasteiger partial charge in [0.25, 0.3) is 0 Å². The molecule has 0 saturated heterocycles. The zero-order chi connectivity index (χ0) is 22.2. The summed E-state index contributed by atoms with van der Waals surface area (Å²) in [5.74, 6) is 1.42. The molecular formula is C26H32N4O2. The van der Waals surface area contributed by atoms with Crippen molar-refractivity contribution in [1.82, 2.24) is 15.1 Å². The Morgan fingerprint density at radius 3 is 2.62 bits per heavy atom. The maximum atomic E-state index is 12.5. The zero-order valence-corrected chi connectivity index (χ0v) is 18.7. The van der Waals surface area contributed by atoms with Gasteiger partial charge in [0.1, 0.15) is 5.75 Å². The van der Waals surface area contributed by atoms with Crippen molar-refractivity contribution in [3.8, 4) is 11.4 Å². The van der Waals surface area contributed by atoms with E-state index >= 15 is 0 Å². The molecule has 6 heteroatoms. The Hall–Kier alpha value is -3.12. The number of hydrogen-bond donors (Lipinski definition) is 2. The van der Waals surface area contributed by atoms with E-state index in [2.05, 4.69) is 22.7 Å². The standard InChI is InChI=1S/C26H32N4O2/c1-20(18-21-8-3-2-4-9-21)27-19-22-10-5-6-11-25(22)32-26(31)29-23-12-14-24(15-13-23)30-17-7-16-28-30/h5-7,10-17,20-21,27H,2-4,8-9,18-19H2,1H3,(H,29,31). The smallest absolute Gasteiger partial charge is 0.410 e. The molecule has 2 aromatic carbocycles. The lowest BCUT2D eigenvalue weighted by atomic mass is 9.85. The molecule has 1 unspecified atom stereocenters. The van der Waals surface area contributed by atoms with Crippen molar-refractivity contribution in [2.75, 3.05) is 5.32 Å². The molecule has 0 spiro atoms. The normalized spacial score (nSPS) is 15.3. The number of nitrogens with one attached hydrogen (secondary N) is 2. The lowest BCUT2D eigenvalue weighted by Crippen LogP contribution is -2.29. The minimum absolute atomic E-state index is 0.438. The molecule has 0 bridgehead atoms. The van der Waals surface area contributed by atoms with Crippen LogP contribution in [0.2, 0.25) is 0 Å². The molecule has 6 nitrogen and oxygen atoms in total. The molecule has 32 heavy (non-hydrogen) atoms. The van der Waals surface area contributed by atoms with Crippen molar-refractivity contribution >= 4 is 11.8 Å². The number of carbonyl (C=O) groups is 1. The molecule has 0 radical (unpaired) electrons. The lowest BCUT2D eigenvalue weighted by molar-refractivity contribution is 0.214. The van der Waals surface area contributed by atoms with E-state index in [1.54, 1.807) is 10.9 Å². The van der Waals surface area contributed by atoms with Crippen molar-refractivity contribution in [3.63, 3.8) is 0 Å².